The Morgan fingerprint density at radius 1 is 1.33 bits per heavy atom. The van der Waals surface area contributed by atoms with Gasteiger partial charge >= 0.3 is 0 Å². The number of anilines is 1. The number of sulfonamides is 1. The lowest BCUT2D eigenvalue weighted by atomic mass is 10.1. The molecule has 10 nitrogen and oxygen atoms in total. The normalized spacial score (nSPS) is 11.9. The molecule has 0 aromatic heterocycles. The zero-order valence-corrected chi connectivity index (χ0v) is 16.9. The SMILES string of the molecule is COCCNC(=O)CN(C)c1ccc(S(=O)(=O)NC(C)(C)C)cc1[N+](=O)[O-]. The number of carbonyl (C=O) groups excluding carboxylic acids is 1. The molecule has 152 valence electrons. The number of hydrogen-bond acceptors (Lipinski definition) is 7. The van der Waals surface area contributed by atoms with Crippen molar-refractivity contribution in [2.45, 2.75) is 31.2 Å². The van der Waals surface area contributed by atoms with Crippen molar-refractivity contribution in [3.05, 3.63) is 28.3 Å². The number of nitrogens with zero attached hydrogens (tertiary/aromatic N) is 2. The Balaban J connectivity index is 3.09. The molecule has 0 heterocycles. The molecule has 1 aromatic carbocycles. The van der Waals surface area contributed by atoms with Crippen molar-refractivity contribution in [2.24, 2.45) is 0 Å². The molecule has 27 heavy (non-hydrogen) atoms. The van der Waals surface area contributed by atoms with E-state index in [-0.39, 0.29) is 23.0 Å². The summed E-state index contributed by atoms with van der Waals surface area (Å²) in [6.45, 7) is 5.55. The largest absolute Gasteiger partial charge is 0.383 e. The summed E-state index contributed by atoms with van der Waals surface area (Å²) in [6, 6.07) is 3.58. The smallest absolute Gasteiger partial charge is 0.293 e. The Hall–Kier alpha value is -2.24. The molecular weight excluding hydrogens is 376 g/mol. The second-order valence-corrected chi connectivity index (χ2v) is 8.64. The van der Waals surface area contributed by atoms with Gasteiger partial charge in [0.1, 0.15) is 5.69 Å². The van der Waals surface area contributed by atoms with Crippen molar-refractivity contribution in [1.29, 1.82) is 0 Å². The van der Waals surface area contributed by atoms with Crippen LogP contribution < -0.4 is 14.9 Å². The Morgan fingerprint density at radius 2 is 1.96 bits per heavy atom. The Labute approximate surface area is 159 Å². The Bertz CT molecular complexity index is 789. The maximum atomic E-state index is 12.4. The van der Waals surface area contributed by atoms with Crippen LogP contribution in [0.3, 0.4) is 0 Å². The van der Waals surface area contributed by atoms with Crippen molar-refractivity contribution >= 4 is 27.3 Å². The minimum absolute atomic E-state index is 0.128. The Morgan fingerprint density at radius 3 is 2.48 bits per heavy atom. The van der Waals surface area contributed by atoms with Crippen molar-refractivity contribution in [1.82, 2.24) is 10.0 Å². The van der Waals surface area contributed by atoms with Crippen LogP contribution in [0.2, 0.25) is 0 Å². The number of carbonyl (C=O) groups is 1. The maximum absolute atomic E-state index is 12.4. The fourth-order valence-electron chi connectivity index (χ4n) is 2.25. The highest BCUT2D eigenvalue weighted by Gasteiger charge is 2.26. The van der Waals surface area contributed by atoms with Crippen LogP contribution in [0.5, 0.6) is 0 Å². The van der Waals surface area contributed by atoms with Crippen LogP contribution in [0.15, 0.2) is 23.1 Å². The van der Waals surface area contributed by atoms with Gasteiger partial charge in [-0.2, -0.15) is 0 Å². The Kier molecular flexibility index (Phi) is 7.69. The molecule has 1 amide bonds. The van der Waals surface area contributed by atoms with Gasteiger partial charge in [0.05, 0.1) is 23.0 Å². The van der Waals surface area contributed by atoms with Gasteiger partial charge in [-0.05, 0) is 32.9 Å². The number of amides is 1. The third kappa shape index (κ3) is 7.12. The molecule has 0 aliphatic rings. The van der Waals surface area contributed by atoms with E-state index >= 15 is 0 Å². The average molecular weight is 402 g/mol. The molecule has 0 aliphatic carbocycles. The summed E-state index contributed by atoms with van der Waals surface area (Å²) in [5, 5.41) is 14.0. The second kappa shape index (κ2) is 9.11. The van der Waals surface area contributed by atoms with Gasteiger partial charge in [-0.1, -0.05) is 0 Å². The quantitative estimate of drug-likeness (QED) is 0.356. The van der Waals surface area contributed by atoms with E-state index in [1.54, 1.807) is 20.8 Å². The lowest BCUT2D eigenvalue weighted by molar-refractivity contribution is -0.384. The van der Waals surface area contributed by atoms with Gasteiger partial charge in [0.2, 0.25) is 15.9 Å². The van der Waals surface area contributed by atoms with E-state index in [0.717, 1.165) is 6.07 Å². The molecule has 0 spiro atoms. The highest BCUT2D eigenvalue weighted by atomic mass is 32.2. The molecule has 0 aliphatic heterocycles. The summed E-state index contributed by atoms with van der Waals surface area (Å²) >= 11 is 0. The van der Waals surface area contributed by atoms with Gasteiger partial charge < -0.3 is 15.0 Å². The lowest BCUT2D eigenvalue weighted by Crippen LogP contribution is -2.40. The monoisotopic (exact) mass is 402 g/mol. The van der Waals surface area contributed by atoms with Crippen LogP contribution in [0.4, 0.5) is 11.4 Å². The topological polar surface area (TPSA) is 131 Å². The maximum Gasteiger partial charge on any atom is 0.293 e. The minimum atomic E-state index is -3.92. The molecule has 1 rings (SSSR count). The third-order valence-corrected chi connectivity index (χ3v) is 5.07. The number of benzene rings is 1. The van der Waals surface area contributed by atoms with Crippen LogP contribution in [0, 0.1) is 10.1 Å². The molecule has 0 bridgehead atoms. The van der Waals surface area contributed by atoms with Crippen LogP contribution >= 0.6 is 0 Å². The molecule has 0 atom stereocenters. The lowest BCUT2D eigenvalue weighted by Gasteiger charge is -2.21. The van der Waals surface area contributed by atoms with Gasteiger partial charge in [0.25, 0.3) is 5.69 Å². The fraction of sp³-hybridized carbons (Fsp3) is 0.562. The first-order chi connectivity index (χ1) is 12.4. The van der Waals surface area contributed by atoms with Crippen molar-refractivity contribution < 1.29 is 22.9 Å². The molecule has 0 saturated carbocycles. The fourth-order valence-corrected chi connectivity index (χ4v) is 3.69. The highest BCUT2D eigenvalue weighted by Crippen LogP contribution is 2.30. The highest BCUT2D eigenvalue weighted by molar-refractivity contribution is 7.89. The number of ether oxygens (including phenoxy) is 1. The molecule has 11 heteroatoms. The van der Waals surface area contributed by atoms with Gasteiger partial charge in [-0.15, -0.1) is 0 Å². The summed E-state index contributed by atoms with van der Waals surface area (Å²) < 4.78 is 32.1. The van der Waals surface area contributed by atoms with Crippen LogP contribution in [0.25, 0.3) is 0 Å². The zero-order valence-electron chi connectivity index (χ0n) is 16.1. The van der Waals surface area contributed by atoms with E-state index in [4.69, 9.17) is 4.74 Å². The molecule has 0 fully saturated rings. The van der Waals surface area contributed by atoms with E-state index in [2.05, 4.69) is 10.0 Å². The molecule has 0 saturated heterocycles. The van der Waals surface area contributed by atoms with Crippen LogP contribution in [0.1, 0.15) is 20.8 Å². The molecule has 0 radical (unpaired) electrons. The average Bonchev–Trinajstić information content (AvgIpc) is 2.52. The van der Waals surface area contributed by atoms with Gasteiger partial charge in [-0.3, -0.25) is 14.9 Å². The summed E-state index contributed by atoms with van der Waals surface area (Å²) in [4.78, 5) is 23.8. The van der Waals surface area contributed by atoms with E-state index in [1.165, 1.54) is 31.2 Å². The van der Waals surface area contributed by atoms with Crippen LogP contribution in [-0.2, 0) is 19.6 Å². The number of rotatable bonds is 9. The number of nitro benzene ring substituents is 1. The van der Waals surface area contributed by atoms with E-state index < -0.39 is 26.2 Å². The van der Waals surface area contributed by atoms with E-state index in [1.807, 2.05) is 0 Å². The first kappa shape index (κ1) is 22.8. The van der Waals surface area contributed by atoms with Gasteiger partial charge in [-0.25, -0.2) is 13.1 Å². The molecule has 2 N–H and O–H groups in total. The van der Waals surface area contributed by atoms with Crippen molar-refractivity contribution in [3.8, 4) is 0 Å². The van der Waals surface area contributed by atoms with E-state index in [9.17, 15) is 23.3 Å². The number of methoxy groups -OCH3 is 1. The number of hydrogen-bond donors (Lipinski definition) is 2. The van der Waals surface area contributed by atoms with E-state index in [0.29, 0.717) is 13.2 Å². The number of likely N-dealkylation sites (N-methyl/N-ethyl adjacent to an activating group) is 1. The van der Waals surface area contributed by atoms with Crippen molar-refractivity contribution in [2.75, 3.05) is 38.8 Å². The predicted molar refractivity (Wildman–Crippen MR) is 101 cm³/mol. The van der Waals surface area contributed by atoms with Crippen molar-refractivity contribution in [3.63, 3.8) is 0 Å². The first-order valence-electron chi connectivity index (χ1n) is 8.16. The van der Waals surface area contributed by atoms with Crippen LogP contribution in [-0.4, -0.2) is 58.6 Å². The number of nitrogens with one attached hydrogen (secondary N) is 2. The standard InChI is InChI=1S/C16H26N4O6S/c1-16(2,3)18-27(24,25)12-6-7-13(14(10-12)20(22)23)19(4)11-15(21)17-8-9-26-5/h6-7,10,18H,8-9,11H2,1-5H3,(H,17,21). The number of nitro groups is 1. The predicted octanol–water partition coefficient (Wildman–Crippen LogP) is 0.870. The van der Waals surface area contributed by atoms with Gasteiger partial charge in [0.15, 0.2) is 0 Å². The van der Waals surface area contributed by atoms with Gasteiger partial charge in [0, 0.05) is 32.3 Å². The summed E-state index contributed by atoms with van der Waals surface area (Å²) in [7, 11) is -0.901. The summed E-state index contributed by atoms with van der Waals surface area (Å²) in [6.07, 6.45) is 0. The summed E-state index contributed by atoms with van der Waals surface area (Å²) in [5.41, 5.74) is -1.00. The molecular formula is C16H26N4O6S. The zero-order chi connectivity index (χ0) is 20.8. The third-order valence-electron chi connectivity index (χ3n) is 3.31. The summed E-state index contributed by atoms with van der Waals surface area (Å²) in [5.74, 6) is -0.338. The molecule has 1 aromatic rings. The second-order valence-electron chi connectivity index (χ2n) is 6.96. The molecule has 0 unspecified atom stereocenters. The minimum Gasteiger partial charge on any atom is -0.383 e. The first-order valence-corrected chi connectivity index (χ1v) is 9.65.